The van der Waals surface area contributed by atoms with Crippen molar-refractivity contribution in [1.82, 2.24) is 0 Å². The van der Waals surface area contributed by atoms with Gasteiger partial charge in [-0.3, -0.25) is 4.90 Å². The lowest BCUT2D eigenvalue weighted by Gasteiger charge is -2.25. The van der Waals surface area contributed by atoms with Crippen LogP contribution in [0.4, 0.5) is 10.5 Å². The maximum Gasteiger partial charge on any atom is 0.414 e. The highest BCUT2D eigenvalue weighted by Crippen LogP contribution is 2.45. The van der Waals surface area contributed by atoms with E-state index in [-0.39, 0.29) is 18.8 Å². The van der Waals surface area contributed by atoms with Gasteiger partial charge in [0.25, 0.3) is 0 Å². The zero-order chi connectivity index (χ0) is 18.9. The van der Waals surface area contributed by atoms with E-state index in [2.05, 4.69) is 0 Å². The number of rotatable bonds is 4. The van der Waals surface area contributed by atoms with Crippen molar-refractivity contribution in [2.24, 2.45) is 0 Å². The molecule has 5 nitrogen and oxygen atoms in total. The number of carbonyl (C=O) groups excluding carboxylic acids is 1. The number of nitrogens with zero attached hydrogens (tertiary/aromatic N) is 1. The first-order chi connectivity index (χ1) is 12.4. The Bertz CT molecular complexity index is 815. The minimum absolute atomic E-state index is 0.0422. The molecule has 0 unspecified atom stereocenters. The van der Waals surface area contributed by atoms with Crippen molar-refractivity contribution in [3.05, 3.63) is 35.9 Å². The topological polar surface area (TPSA) is 48.0 Å². The molecule has 0 aliphatic carbocycles. The Morgan fingerprint density at radius 2 is 1.96 bits per heavy atom. The van der Waals surface area contributed by atoms with Gasteiger partial charge in [-0.25, -0.2) is 4.79 Å². The van der Waals surface area contributed by atoms with Crippen molar-refractivity contribution >= 4 is 34.2 Å². The summed E-state index contributed by atoms with van der Waals surface area (Å²) in [6, 6.07) is 9.86. The summed E-state index contributed by atoms with van der Waals surface area (Å²) in [4.78, 5) is 14.4. The summed E-state index contributed by atoms with van der Waals surface area (Å²) < 4.78 is 16.4. The van der Waals surface area contributed by atoms with Crippen LogP contribution < -0.4 is 9.64 Å². The van der Waals surface area contributed by atoms with E-state index in [0.717, 1.165) is 22.0 Å². The van der Waals surface area contributed by atoms with E-state index in [1.54, 1.807) is 12.0 Å². The normalized spacial score (nSPS) is 16.7. The third kappa shape index (κ3) is 3.60. The first-order valence-electron chi connectivity index (χ1n) is 8.59. The average Bonchev–Trinajstić information content (AvgIpc) is 2.97. The lowest BCUT2D eigenvalue weighted by atomic mass is 9.95. The van der Waals surface area contributed by atoms with E-state index >= 15 is 0 Å². The van der Waals surface area contributed by atoms with Crippen LogP contribution in [0.1, 0.15) is 32.3 Å². The van der Waals surface area contributed by atoms with Crippen molar-refractivity contribution in [3.8, 4) is 5.75 Å². The van der Waals surface area contributed by atoms with Gasteiger partial charge in [-0.15, -0.1) is 11.6 Å². The van der Waals surface area contributed by atoms with E-state index in [4.69, 9.17) is 25.8 Å². The van der Waals surface area contributed by atoms with Crippen LogP contribution in [0.5, 0.6) is 5.75 Å². The van der Waals surface area contributed by atoms with Crippen LogP contribution >= 0.6 is 11.6 Å². The quantitative estimate of drug-likeness (QED) is 0.561. The number of methoxy groups -OCH3 is 1. The highest BCUT2D eigenvalue weighted by molar-refractivity contribution is 6.19. The van der Waals surface area contributed by atoms with E-state index in [0.29, 0.717) is 18.2 Å². The zero-order valence-corrected chi connectivity index (χ0v) is 16.3. The Labute approximate surface area is 158 Å². The second kappa shape index (κ2) is 7.33. The molecule has 140 valence electrons. The molecular weight excluding hydrogens is 354 g/mol. The van der Waals surface area contributed by atoms with Gasteiger partial charge in [-0.05, 0) is 31.7 Å². The Morgan fingerprint density at radius 1 is 1.27 bits per heavy atom. The van der Waals surface area contributed by atoms with Crippen molar-refractivity contribution in [2.75, 3.05) is 31.2 Å². The molecule has 1 aliphatic rings. The number of anilines is 1. The molecule has 2 aromatic rings. The van der Waals surface area contributed by atoms with E-state index < -0.39 is 5.60 Å². The van der Waals surface area contributed by atoms with Crippen LogP contribution in [0.25, 0.3) is 10.8 Å². The molecule has 3 rings (SSSR count). The minimum atomic E-state index is -0.567. The van der Waals surface area contributed by atoms with Crippen molar-refractivity contribution in [2.45, 2.75) is 32.3 Å². The molecule has 1 aliphatic heterocycles. The van der Waals surface area contributed by atoms with Crippen LogP contribution in [-0.4, -0.2) is 38.0 Å². The summed E-state index contributed by atoms with van der Waals surface area (Å²) in [6.07, 6.45) is -0.376. The van der Waals surface area contributed by atoms with Gasteiger partial charge >= 0.3 is 6.09 Å². The Hall–Kier alpha value is -1.98. The average molecular weight is 378 g/mol. The molecule has 2 aromatic carbocycles. The lowest BCUT2D eigenvalue weighted by Crippen LogP contribution is -2.36. The SMILES string of the molecule is COCOc1cc2c(c3ccccc13)[C@@H](CCl)CN2C(=O)OC(C)(C)C. The largest absolute Gasteiger partial charge is 0.467 e. The molecule has 0 saturated carbocycles. The number of alkyl halides is 1. The van der Waals surface area contributed by atoms with Gasteiger partial charge in [0, 0.05) is 36.9 Å². The number of amides is 1. The highest BCUT2D eigenvalue weighted by Gasteiger charge is 2.36. The first kappa shape index (κ1) is 18.8. The molecule has 0 bridgehead atoms. The molecule has 0 radical (unpaired) electrons. The van der Waals surface area contributed by atoms with E-state index in [9.17, 15) is 4.79 Å². The fourth-order valence-corrected chi connectivity index (χ4v) is 3.52. The number of carbonyl (C=O) groups is 1. The number of halogens is 1. The van der Waals surface area contributed by atoms with Gasteiger partial charge in [0.1, 0.15) is 11.4 Å². The molecule has 26 heavy (non-hydrogen) atoms. The number of ether oxygens (including phenoxy) is 3. The molecule has 1 atom stereocenters. The molecule has 0 fully saturated rings. The number of benzene rings is 2. The van der Waals surface area contributed by atoms with Crippen molar-refractivity contribution in [3.63, 3.8) is 0 Å². The third-order valence-corrected chi connectivity index (χ3v) is 4.63. The Morgan fingerprint density at radius 3 is 2.58 bits per heavy atom. The Balaban J connectivity index is 2.12. The van der Waals surface area contributed by atoms with Gasteiger partial charge in [0.05, 0.1) is 5.69 Å². The summed E-state index contributed by atoms with van der Waals surface area (Å²) >= 11 is 6.23. The maximum atomic E-state index is 12.7. The second-order valence-electron chi connectivity index (χ2n) is 7.35. The molecule has 0 N–H and O–H groups in total. The number of hydrogen-bond donors (Lipinski definition) is 0. The van der Waals surface area contributed by atoms with Gasteiger partial charge in [0.2, 0.25) is 0 Å². The van der Waals surface area contributed by atoms with Crippen LogP contribution in [-0.2, 0) is 9.47 Å². The monoisotopic (exact) mass is 377 g/mol. The van der Waals surface area contributed by atoms with E-state index in [1.807, 2.05) is 51.1 Å². The summed E-state index contributed by atoms with van der Waals surface area (Å²) in [5.41, 5.74) is 1.28. The molecule has 0 aromatic heterocycles. The molecule has 0 saturated heterocycles. The lowest BCUT2D eigenvalue weighted by molar-refractivity contribution is 0.0522. The van der Waals surface area contributed by atoms with Crippen LogP contribution in [0.2, 0.25) is 0 Å². The van der Waals surface area contributed by atoms with Crippen LogP contribution in [0.15, 0.2) is 30.3 Å². The first-order valence-corrected chi connectivity index (χ1v) is 9.13. The predicted molar refractivity (Wildman–Crippen MR) is 103 cm³/mol. The molecular formula is C20H24ClNO4. The minimum Gasteiger partial charge on any atom is -0.467 e. The summed E-state index contributed by atoms with van der Waals surface area (Å²) in [5.74, 6) is 1.14. The molecule has 0 spiro atoms. The van der Waals surface area contributed by atoms with Crippen molar-refractivity contribution < 1.29 is 19.0 Å². The number of hydrogen-bond acceptors (Lipinski definition) is 4. The van der Waals surface area contributed by atoms with Crippen LogP contribution in [0, 0.1) is 0 Å². The van der Waals surface area contributed by atoms with Gasteiger partial charge in [-0.1, -0.05) is 24.3 Å². The summed E-state index contributed by atoms with van der Waals surface area (Å²) in [6.45, 7) is 6.19. The van der Waals surface area contributed by atoms with Crippen LogP contribution in [0.3, 0.4) is 0 Å². The van der Waals surface area contributed by atoms with Gasteiger partial charge < -0.3 is 14.2 Å². The fourth-order valence-electron chi connectivity index (χ4n) is 3.27. The standard InChI is InChI=1S/C20H24ClNO4/c1-20(2,3)26-19(23)22-11-13(10-21)18-15-8-6-5-7-14(15)17(9-16(18)22)25-12-24-4/h5-9,13H,10-12H2,1-4H3/t13-/m0/s1. The molecule has 1 amide bonds. The molecule has 1 heterocycles. The van der Waals surface area contributed by atoms with E-state index in [1.165, 1.54) is 0 Å². The fraction of sp³-hybridized carbons (Fsp3) is 0.450. The smallest absolute Gasteiger partial charge is 0.414 e. The third-order valence-electron chi connectivity index (χ3n) is 4.26. The van der Waals surface area contributed by atoms with Gasteiger partial charge in [-0.2, -0.15) is 0 Å². The molecule has 6 heteroatoms. The summed E-state index contributed by atoms with van der Waals surface area (Å²) in [5, 5.41) is 2.01. The second-order valence-corrected chi connectivity index (χ2v) is 7.65. The number of fused-ring (bicyclic) bond motifs is 3. The predicted octanol–water partition coefficient (Wildman–Crippen LogP) is 4.90. The zero-order valence-electron chi connectivity index (χ0n) is 15.5. The van der Waals surface area contributed by atoms with Crippen molar-refractivity contribution in [1.29, 1.82) is 0 Å². The van der Waals surface area contributed by atoms with Gasteiger partial charge in [0.15, 0.2) is 6.79 Å². The Kier molecular flexibility index (Phi) is 5.30. The summed E-state index contributed by atoms with van der Waals surface area (Å²) in [7, 11) is 1.58. The highest BCUT2D eigenvalue weighted by atomic mass is 35.5. The maximum absolute atomic E-state index is 12.7.